The smallest absolute Gasteiger partial charge is 0.246 e. The van der Waals surface area contributed by atoms with Gasteiger partial charge in [0, 0.05) is 37.5 Å². The van der Waals surface area contributed by atoms with Crippen molar-refractivity contribution in [3.63, 3.8) is 0 Å². The van der Waals surface area contributed by atoms with Gasteiger partial charge in [0.05, 0.1) is 5.69 Å². The van der Waals surface area contributed by atoms with Crippen molar-refractivity contribution in [2.75, 3.05) is 13.1 Å². The average Bonchev–Trinajstić information content (AvgIpc) is 2.62. The van der Waals surface area contributed by atoms with Gasteiger partial charge in [-0.05, 0) is 39.2 Å². The highest BCUT2D eigenvalue weighted by Crippen LogP contribution is 2.15. The number of hydrogen-bond acceptors (Lipinski definition) is 2. The van der Waals surface area contributed by atoms with Crippen LogP contribution in [0.1, 0.15) is 36.2 Å². The second-order valence-electron chi connectivity index (χ2n) is 4.93. The molecule has 0 bridgehead atoms. The van der Waals surface area contributed by atoms with Gasteiger partial charge >= 0.3 is 0 Å². The van der Waals surface area contributed by atoms with E-state index in [9.17, 15) is 4.79 Å². The summed E-state index contributed by atoms with van der Waals surface area (Å²) in [7, 11) is 1.92. The van der Waals surface area contributed by atoms with Crippen LogP contribution in [0, 0.1) is 13.8 Å². The molecule has 18 heavy (non-hydrogen) atoms. The second-order valence-corrected chi connectivity index (χ2v) is 4.93. The monoisotopic (exact) mass is 247 g/mol. The normalized spacial score (nSPS) is 16.5. The maximum Gasteiger partial charge on any atom is 0.246 e. The van der Waals surface area contributed by atoms with Crippen LogP contribution in [0.25, 0.3) is 6.08 Å². The molecule has 4 heteroatoms. The minimum Gasteiger partial charge on any atom is -0.339 e. The molecule has 0 radical (unpaired) electrons. The van der Waals surface area contributed by atoms with E-state index in [4.69, 9.17) is 0 Å². The highest BCUT2D eigenvalue weighted by atomic mass is 16.2. The van der Waals surface area contributed by atoms with E-state index in [2.05, 4.69) is 5.10 Å². The molecule has 0 aliphatic carbocycles. The van der Waals surface area contributed by atoms with Crippen molar-refractivity contribution in [1.29, 1.82) is 0 Å². The van der Waals surface area contributed by atoms with E-state index >= 15 is 0 Å². The van der Waals surface area contributed by atoms with Crippen LogP contribution in [0.15, 0.2) is 6.08 Å². The molecule has 1 aliphatic heterocycles. The van der Waals surface area contributed by atoms with Crippen LogP contribution in [0.3, 0.4) is 0 Å². The van der Waals surface area contributed by atoms with Gasteiger partial charge in [0.1, 0.15) is 0 Å². The summed E-state index contributed by atoms with van der Waals surface area (Å²) >= 11 is 0. The van der Waals surface area contributed by atoms with Crippen LogP contribution in [-0.4, -0.2) is 33.7 Å². The van der Waals surface area contributed by atoms with Crippen LogP contribution < -0.4 is 0 Å². The van der Waals surface area contributed by atoms with Gasteiger partial charge in [0.15, 0.2) is 0 Å². The van der Waals surface area contributed by atoms with Gasteiger partial charge in [0.2, 0.25) is 5.91 Å². The molecule has 0 unspecified atom stereocenters. The molecule has 0 saturated carbocycles. The lowest BCUT2D eigenvalue weighted by Gasteiger charge is -2.25. The van der Waals surface area contributed by atoms with E-state index in [0.29, 0.717) is 0 Å². The molecule has 1 aromatic heterocycles. The summed E-state index contributed by atoms with van der Waals surface area (Å²) in [4.78, 5) is 13.9. The van der Waals surface area contributed by atoms with Crippen LogP contribution in [0.4, 0.5) is 0 Å². The Morgan fingerprint density at radius 3 is 2.44 bits per heavy atom. The first-order valence-corrected chi connectivity index (χ1v) is 6.57. The lowest BCUT2D eigenvalue weighted by atomic mass is 10.1. The van der Waals surface area contributed by atoms with E-state index in [-0.39, 0.29) is 5.91 Å². The third-order valence-corrected chi connectivity index (χ3v) is 3.63. The van der Waals surface area contributed by atoms with Crippen molar-refractivity contribution in [1.82, 2.24) is 14.7 Å². The van der Waals surface area contributed by atoms with Crippen LogP contribution in [0.5, 0.6) is 0 Å². The number of aryl methyl sites for hydroxylation is 2. The third-order valence-electron chi connectivity index (χ3n) is 3.63. The molecular formula is C14H21N3O. The fourth-order valence-electron chi connectivity index (χ4n) is 2.41. The standard InChI is InChI=1S/C14H21N3O/c1-11-13(12(2)16(3)15-11)7-8-14(18)17-9-5-4-6-10-17/h7-8H,4-6,9-10H2,1-3H3/b8-7+. The molecule has 2 rings (SSSR count). The van der Waals surface area contributed by atoms with Crippen molar-refractivity contribution in [2.45, 2.75) is 33.1 Å². The average molecular weight is 247 g/mol. The number of carbonyl (C=O) groups excluding carboxylic acids is 1. The molecule has 1 aliphatic rings. The highest BCUT2D eigenvalue weighted by molar-refractivity contribution is 5.92. The summed E-state index contributed by atoms with van der Waals surface area (Å²) in [6.07, 6.45) is 7.08. The van der Waals surface area contributed by atoms with E-state index < -0.39 is 0 Å². The molecule has 98 valence electrons. The van der Waals surface area contributed by atoms with Gasteiger partial charge in [0.25, 0.3) is 0 Å². The lowest BCUT2D eigenvalue weighted by molar-refractivity contribution is -0.126. The number of carbonyl (C=O) groups is 1. The summed E-state index contributed by atoms with van der Waals surface area (Å²) in [5, 5.41) is 4.34. The minimum absolute atomic E-state index is 0.123. The number of rotatable bonds is 2. The van der Waals surface area contributed by atoms with Crippen molar-refractivity contribution >= 4 is 12.0 Å². The van der Waals surface area contributed by atoms with Gasteiger partial charge in [-0.1, -0.05) is 0 Å². The zero-order valence-electron chi connectivity index (χ0n) is 11.4. The topological polar surface area (TPSA) is 38.1 Å². The predicted octanol–water partition coefficient (Wildman–Crippen LogP) is 2.06. The number of nitrogens with zero attached hydrogens (tertiary/aromatic N) is 3. The van der Waals surface area contributed by atoms with Gasteiger partial charge < -0.3 is 4.90 Å². The Labute approximate surface area is 108 Å². The van der Waals surface area contributed by atoms with Crippen LogP contribution in [0.2, 0.25) is 0 Å². The van der Waals surface area contributed by atoms with Crippen molar-refractivity contribution in [3.05, 3.63) is 23.0 Å². The number of aromatic nitrogens is 2. The maximum atomic E-state index is 12.0. The summed E-state index contributed by atoms with van der Waals surface area (Å²) in [6, 6.07) is 0. The molecule has 0 spiro atoms. The number of amides is 1. The van der Waals surface area contributed by atoms with Crippen LogP contribution in [-0.2, 0) is 11.8 Å². The SMILES string of the molecule is Cc1nn(C)c(C)c1/C=C/C(=O)N1CCCCC1. The lowest BCUT2D eigenvalue weighted by Crippen LogP contribution is -2.34. The zero-order chi connectivity index (χ0) is 13.1. The third kappa shape index (κ3) is 2.63. The molecule has 0 aromatic carbocycles. The largest absolute Gasteiger partial charge is 0.339 e. The van der Waals surface area contributed by atoms with Gasteiger partial charge in [-0.15, -0.1) is 0 Å². The quantitative estimate of drug-likeness (QED) is 0.750. The fourth-order valence-corrected chi connectivity index (χ4v) is 2.41. The first kappa shape index (κ1) is 12.9. The van der Waals surface area contributed by atoms with E-state index in [0.717, 1.165) is 42.9 Å². The minimum atomic E-state index is 0.123. The Kier molecular flexibility index (Phi) is 3.84. The zero-order valence-corrected chi connectivity index (χ0v) is 11.4. The summed E-state index contributed by atoms with van der Waals surface area (Å²) in [5.41, 5.74) is 3.12. The highest BCUT2D eigenvalue weighted by Gasteiger charge is 2.14. The molecule has 2 heterocycles. The number of hydrogen-bond donors (Lipinski definition) is 0. The summed E-state index contributed by atoms with van der Waals surface area (Å²) in [6.45, 7) is 5.78. The molecule has 1 fully saturated rings. The molecule has 1 saturated heterocycles. The molecule has 0 N–H and O–H groups in total. The van der Waals surface area contributed by atoms with E-state index in [1.807, 2.05) is 36.6 Å². The second kappa shape index (κ2) is 5.38. The summed E-state index contributed by atoms with van der Waals surface area (Å²) < 4.78 is 1.85. The predicted molar refractivity (Wildman–Crippen MR) is 72.1 cm³/mol. The van der Waals surface area contributed by atoms with Crippen molar-refractivity contribution in [2.24, 2.45) is 7.05 Å². The van der Waals surface area contributed by atoms with Gasteiger partial charge in [-0.3, -0.25) is 9.48 Å². The Morgan fingerprint density at radius 2 is 1.89 bits per heavy atom. The van der Waals surface area contributed by atoms with Crippen molar-refractivity contribution in [3.8, 4) is 0 Å². The molecule has 1 amide bonds. The first-order valence-electron chi connectivity index (χ1n) is 6.57. The molecular weight excluding hydrogens is 226 g/mol. The Balaban J connectivity index is 2.08. The maximum absolute atomic E-state index is 12.0. The van der Waals surface area contributed by atoms with E-state index in [1.54, 1.807) is 6.08 Å². The Morgan fingerprint density at radius 1 is 1.22 bits per heavy atom. The molecule has 4 nitrogen and oxygen atoms in total. The first-order chi connectivity index (χ1) is 8.59. The fraction of sp³-hybridized carbons (Fsp3) is 0.571. The van der Waals surface area contributed by atoms with Crippen LogP contribution >= 0.6 is 0 Å². The van der Waals surface area contributed by atoms with Gasteiger partial charge in [-0.2, -0.15) is 5.10 Å². The Hall–Kier alpha value is -1.58. The number of likely N-dealkylation sites (tertiary alicyclic amines) is 1. The summed E-state index contributed by atoms with van der Waals surface area (Å²) in [5.74, 6) is 0.123. The van der Waals surface area contributed by atoms with Gasteiger partial charge in [-0.25, -0.2) is 0 Å². The molecule has 0 atom stereocenters. The van der Waals surface area contributed by atoms with Crippen molar-refractivity contribution < 1.29 is 4.79 Å². The molecule has 1 aromatic rings. The Bertz CT molecular complexity index is 468. The van der Waals surface area contributed by atoms with E-state index in [1.165, 1.54) is 6.42 Å². The number of piperidine rings is 1.